The van der Waals surface area contributed by atoms with E-state index in [2.05, 4.69) is 58.9 Å². The van der Waals surface area contributed by atoms with Crippen LogP contribution in [0.1, 0.15) is 17.0 Å². The Morgan fingerprint density at radius 1 is 1.10 bits per heavy atom. The molecule has 0 aliphatic rings. The van der Waals surface area contributed by atoms with E-state index >= 15 is 0 Å². The van der Waals surface area contributed by atoms with Gasteiger partial charge in [0, 0.05) is 6.54 Å². The molecule has 2 nitrogen and oxygen atoms in total. The lowest BCUT2D eigenvalue weighted by Gasteiger charge is -2.08. The second kappa shape index (κ2) is 5.68. The lowest BCUT2D eigenvalue weighted by atomic mass is 10.1. The first kappa shape index (κ1) is 13.2. The summed E-state index contributed by atoms with van der Waals surface area (Å²) in [5, 5.41) is 0. The number of imidazole rings is 1. The maximum absolute atomic E-state index is 6.04. The number of nitrogens with zero attached hydrogens (tertiary/aromatic N) is 2. The van der Waals surface area contributed by atoms with Gasteiger partial charge in [0.15, 0.2) is 0 Å². The fraction of sp³-hybridized carbons (Fsp3) is 0.235. The van der Waals surface area contributed by atoms with Gasteiger partial charge in [-0.1, -0.05) is 36.4 Å². The fourth-order valence-corrected chi connectivity index (χ4v) is 2.73. The molecule has 0 radical (unpaired) electrons. The summed E-state index contributed by atoms with van der Waals surface area (Å²) in [4.78, 5) is 4.64. The topological polar surface area (TPSA) is 17.8 Å². The first-order valence-corrected chi connectivity index (χ1v) is 7.37. The summed E-state index contributed by atoms with van der Waals surface area (Å²) in [5.41, 5.74) is 4.77. The van der Waals surface area contributed by atoms with E-state index in [4.69, 9.17) is 11.6 Å². The molecule has 0 amide bonds. The molecule has 1 aromatic heterocycles. The standard InChI is InChI=1S/C17H17ClN2/c1-13-7-8-16-15(11-13)19-17(12-18)20(16)10-9-14-5-3-2-4-6-14/h2-8,11H,9-10,12H2,1H3. The molecule has 0 N–H and O–H groups in total. The largest absolute Gasteiger partial charge is 0.327 e. The smallest absolute Gasteiger partial charge is 0.124 e. The van der Waals surface area contributed by atoms with Gasteiger partial charge in [0.05, 0.1) is 16.9 Å². The fourth-order valence-electron chi connectivity index (χ4n) is 2.53. The van der Waals surface area contributed by atoms with E-state index in [9.17, 15) is 0 Å². The predicted octanol–water partition coefficient (Wildman–Crippen LogP) is 4.33. The number of rotatable bonds is 4. The number of alkyl halides is 1. The second-order valence-corrected chi connectivity index (χ2v) is 5.31. The molecule has 20 heavy (non-hydrogen) atoms. The number of fused-ring (bicyclic) bond motifs is 1. The van der Waals surface area contributed by atoms with Crippen molar-refractivity contribution in [2.24, 2.45) is 0 Å². The van der Waals surface area contributed by atoms with Crippen molar-refractivity contribution in [3.8, 4) is 0 Å². The van der Waals surface area contributed by atoms with E-state index in [1.807, 2.05) is 6.07 Å². The highest BCUT2D eigenvalue weighted by atomic mass is 35.5. The first-order chi connectivity index (χ1) is 9.78. The highest BCUT2D eigenvalue weighted by Crippen LogP contribution is 2.19. The van der Waals surface area contributed by atoms with Crippen LogP contribution in [0.2, 0.25) is 0 Å². The summed E-state index contributed by atoms with van der Waals surface area (Å²) in [7, 11) is 0. The van der Waals surface area contributed by atoms with Gasteiger partial charge in [-0.2, -0.15) is 0 Å². The van der Waals surface area contributed by atoms with Crippen molar-refractivity contribution in [3.63, 3.8) is 0 Å². The molecule has 0 saturated carbocycles. The molecule has 102 valence electrons. The van der Waals surface area contributed by atoms with Gasteiger partial charge in [-0.05, 0) is 36.6 Å². The van der Waals surface area contributed by atoms with Gasteiger partial charge in [-0.15, -0.1) is 11.6 Å². The predicted molar refractivity (Wildman–Crippen MR) is 84.2 cm³/mol. The number of hydrogen-bond acceptors (Lipinski definition) is 1. The zero-order valence-corrected chi connectivity index (χ0v) is 12.3. The molecular formula is C17H17ClN2. The van der Waals surface area contributed by atoms with E-state index < -0.39 is 0 Å². The van der Waals surface area contributed by atoms with Crippen molar-refractivity contribution in [2.45, 2.75) is 25.8 Å². The van der Waals surface area contributed by atoms with Gasteiger partial charge < -0.3 is 4.57 Å². The van der Waals surface area contributed by atoms with Crippen LogP contribution in [0.15, 0.2) is 48.5 Å². The number of aryl methyl sites for hydroxylation is 3. The van der Waals surface area contributed by atoms with Crippen molar-refractivity contribution in [1.29, 1.82) is 0 Å². The van der Waals surface area contributed by atoms with Crippen molar-refractivity contribution < 1.29 is 0 Å². The van der Waals surface area contributed by atoms with Gasteiger partial charge >= 0.3 is 0 Å². The molecular weight excluding hydrogens is 268 g/mol. The van der Waals surface area contributed by atoms with Crippen molar-refractivity contribution in [2.75, 3.05) is 0 Å². The Hall–Kier alpha value is -1.80. The Labute approximate surface area is 124 Å². The van der Waals surface area contributed by atoms with Gasteiger partial charge in [0.1, 0.15) is 5.82 Å². The zero-order valence-electron chi connectivity index (χ0n) is 11.5. The number of aromatic nitrogens is 2. The average Bonchev–Trinajstić information content (AvgIpc) is 2.83. The molecule has 2 aromatic carbocycles. The van der Waals surface area contributed by atoms with Crippen LogP contribution >= 0.6 is 11.6 Å². The highest BCUT2D eigenvalue weighted by Gasteiger charge is 2.09. The van der Waals surface area contributed by atoms with Gasteiger partial charge in [-0.3, -0.25) is 0 Å². The number of halogens is 1. The molecule has 3 aromatic rings. The minimum Gasteiger partial charge on any atom is -0.327 e. The monoisotopic (exact) mass is 284 g/mol. The molecule has 3 heteroatoms. The second-order valence-electron chi connectivity index (χ2n) is 5.04. The average molecular weight is 285 g/mol. The van der Waals surface area contributed by atoms with E-state index in [1.165, 1.54) is 16.6 Å². The van der Waals surface area contributed by atoms with E-state index in [0.29, 0.717) is 5.88 Å². The Morgan fingerprint density at radius 3 is 2.65 bits per heavy atom. The minimum absolute atomic E-state index is 0.447. The number of hydrogen-bond donors (Lipinski definition) is 0. The lowest BCUT2D eigenvalue weighted by molar-refractivity contribution is 0.688. The Morgan fingerprint density at radius 2 is 1.90 bits per heavy atom. The molecule has 0 aliphatic heterocycles. The summed E-state index contributed by atoms with van der Waals surface area (Å²) in [6, 6.07) is 16.9. The molecule has 0 unspecified atom stereocenters. The normalized spacial score (nSPS) is 11.1. The molecule has 0 atom stereocenters. The van der Waals surface area contributed by atoms with E-state index in [1.54, 1.807) is 0 Å². The van der Waals surface area contributed by atoms with Gasteiger partial charge in [0.25, 0.3) is 0 Å². The molecule has 0 fully saturated rings. The SMILES string of the molecule is Cc1ccc2c(c1)nc(CCl)n2CCc1ccccc1. The third-order valence-electron chi connectivity index (χ3n) is 3.57. The van der Waals surface area contributed by atoms with E-state index in [-0.39, 0.29) is 0 Å². The maximum Gasteiger partial charge on any atom is 0.124 e. The summed E-state index contributed by atoms with van der Waals surface area (Å²) in [6.45, 7) is 2.99. The third-order valence-corrected chi connectivity index (χ3v) is 3.81. The Balaban J connectivity index is 1.93. The zero-order chi connectivity index (χ0) is 13.9. The summed E-state index contributed by atoms with van der Waals surface area (Å²) in [6.07, 6.45) is 0.990. The van der Waals surface area contributed by atoms with Crippen LogP contribution < -0.4 is 0 Å². The lowest BCUT2D eigenvalue weighted by Crippen LogP contribution is -2.05. The summed E-state index contributed by atoms with van der Waals surface area (Å²) >= 11 is 6.04. The van der Waals surface area contributed by atoms with Crippen LogP contribution in [0.4, 0.5) is 0 Å². The summed E-state index contributed by atoms with van der Waals surface area (Å²) in [5.74, 6) is 1.39. The minimum atomic E-state index is 0.447. The molecule has 0 aliphatic carbocycles. The first-order valence-electron chi connectivity index (χ1n) is 6.83. The maximum atomic E-state index is 6.04. The quantitative estimate of drug-likeness (QED) is 0.652. The van der Waals surface area contributed by atoms with Crippen LogP contribution in [0.5, 0.6) is 0 Å². The third kappa shape index (κ3) is 2.56. The van der Waals surface area contributed by atoms with Crippen LogP contribution in [0, 0.1) is 6.92 Å². The van der Waals surface area contributed by atoms with Crippen LogP contribution in [-0.2, 0) is 18.8 Å². The highest BCUT2D eigenvalue weighted by molar-refractivity contribution is 6.16. The van der Waals surface area contributed by atoms with Crippen molar-refractivity contribution >= 4 is 22.6 Å². The van der Waals surface area contributed by atoms with Crippen LogP contribution in [0.25, 0.3) is 11.0 Å². The van der Waals surface area contributed by atoms with Crippen molar-refractivity contribution in [1.82, 2.24) is 9.55 Å². The molecule has 0 saturated heterocycles. The number of benzene rings is 2. The van der Waals surface area contributed by atoms with Gasteiger partial charge in [-0.25, -0.2) is 4.98 Å². The van der Waals surface area contributed by atoms with Crippen LogP contribution in [0.3, 0.4) is 0 Å². The van der Waals surface area contributed by atoms with E-state index in [0.717, 1.165) is 24.3 Å². The molecule has 0 spiro atoms. The summed E-state index contributed by atoms with van der Waals surface area (Å²) < 4.78 is 2.23. The molecule has 1 heterocycles. The molecule has 0 bridgehead atoms. The Kier molecular flexibility index (Phi) is 3.75. The van der Waals surface area contributed by atoms with Gasteiger partial charge in [0.2, 0.25) is 0 Å². The Bertz CT molecular complexity index is 716. The van der Waals surface area contributed by atoms with Crippen LogP contribution in [-0.4, -0.2) is 9.55 Å². The van der Waals surface area contributed by atoms with Crippen molar-refractivity contribution in [3.05, 3.63) is 65.5 Å². The molecule has 3 rings (SSSR count).